The van der Waals surface area contributed by atoms with E-state index >= 15 is 0 Å². The number of rotatable bonds is 11. The minimum Gasteiger partial charge on any atom is -0.490 e. The van der Waals surface area contributed by atoms with E-state index in [1.807, 2.05) is 19.1 Å². The standard InChI is InChI=1S/C28H22Cl2F3IN4O3S/c1-2-40-24-10-17(9-23(34)26(24)41-14-16-6-7-21(29)22(30)8-16)13-35-38-25(39)12-20-15-42-27(37-20)36-19-5-3-4-18(11-19)28(31,32)33/h3-11,13,15H,2,12,14H2,1H3,(H,36,37)(H,38,39)/b35-13-. The van der Waals surface area contributed by atoms with Gasteiger partial charge in [-0.2, -0.15) is 18.3 Å². The number of thiazole rings is 1. The Hall–Kier alpha value is -3.07. The molecule has 0 aliphatic heterocycles. The van der Waals surface area contributed by atoms with E-state index in [-0.39, 0.29) is 18.7 Å². The zero-order valence-corrected chi connectivity index (χ0v) is 26.3. The molecule has 1 aromatic heterocycles. The second-order valence-corrected chi connectivity index (χ2v) is 11.5. The van der Waals surface area contributed by atoms with Crippen LogP contribution in [0.25, 0.3) is 0 Å². The summed E-state index contributed by atoms with van der Waals surface area (Å²) in [6.07, 6.45) is -3.04. The maximum absolute atomic E-state index is 13.0. The van der Waals surface area contributed by atoms with Crippen LogP contribution in [0.2, 0.25) is 10.0 Å². The molecule has 0 aliphatic carbocycles. The minimum absolute atomic E-state index is 0.0681. The van der Waals surface area contributed by atoms with E-state index in [9.17, 15) is 18.0 Å². The fourth-order valence-corrected chi connectivity index (χ4v) is 5.41. The van der Waals surface area contributed by atoms with E-state index < -0.39 is 17.6 Å². The third kappa shape index (κ3) is 8.96. The monoisotopic (exact) mass is 748 g/mol. The Labute approximate surface area is 267 Å². The van der Waals surface area contributed by atoms with Gasteiger partial charge < -0.3 is 14.8 Å². The summed E-state index contributed by atoms with van der Waals surface area (Å²) < 4.78 is 51.4. The van der Waals surface area contributed by atoms with Crippen LogP contribution in [0.3, 0.4) is 0 Å². The van der Waals surface area contributed by atoms with Crippen molar-refractivity contribution in [2.45, 2.75) is 26.1 Å². The number of alkyl halides is 3. The predicted octanol–water partition coefficient (Wildman–Crippen LogP) is 8.49. The summed E-state index contributed by atoms with van der Waals surface area (Å²) in [5.41, 5.74) is 3.89. The average molecular weight is 749 g/mol. The van der Waals surface area contributed by atoms with Crippen molar-refractivity contribution in [3.8, 4) is 11.5 Å². The quantitative estimate of drug-likeness (QED) is 0.0914. The van der Waals surface area contributed by atoms with Crippen molar-refractivity contribution in [3.05, 3.63) is 96.0 Å². The highest BCUT2D eigenvalue weighted by Gasteiger charge is 2.30. The Morgan fingerprint density at radius 1 is 1.12 bits per heavy atom. The van der Waals surface area contributed by atoms with Crippen LogP contribution < -0.4 is 20.2 Å². The fourth-order valence-electron chi connectivity index (χ4n) is 3.58. The van der Waals surface area contributed by atoms with Gasteiger partial charge in [-0.1, -0.05) is 35.3 Å². The highest BCUT2D eigenvalue weighted by molar-refractivity contribution is 14.1. The van der Waals surface area contributed by atoms with Crippen LogP contribution in [0.5, 0.6) is 11.5 Å². The van der Waals surface area contributed by atoms with Crippen LogP contribution in [-0.4, -0.2) is 23.7 Å². The van der Waals surface area contributed by atoms with Crippen molar-refractivity contribution in [1.82, 2.24) is 10.4 Å². The Morgan fingerprint density at radius 2 is 1.93 bits per heavy atom. The van der Waals surface area contributed by atoms with E-state index in [0.717, 1.165) is 21.3 Å². The molecule has 0 fully saturated rings. The molecule has 0 radical (unpaired) electrons. The minimum atomic E-state index is -4.45. The predicted molar refractivity (Wildman–Crippen MR) is 167 cm³/mol. The molecular weight excluding hydrogens is 727 g/mol. The van der Waals surface area contributed by atoms with Gasteiger partial charge in [0.2, 0.25) is 5.91 Å². The van der Waals surface area contributed by atoms with Crippen LogP contribution in [-0.2, 0) is 24.0 Å². The van der Waals surface area contributed by atoms with E-state index in [2.05, 4.69) is 43.4 Å². The number of aromatic nitrogens is 1. The van der Waals surface area contributed by atoms with E-state index in [4.69, 9.17) is 32.7 Å². The number of anilines is 2. The SMILES string of the molecule is CCOc1cc(/C=N\NC(=O)Cc2csc(Nc3cccc(C(F)(F)F)c3)n2)cc(I)c1OCc1ccc(Cl)c(Cl)c1. The molecule has 0 aliphatic rings. The van der Waals surface area contributed by atoms with Gasteiger partial charge in [0.25, 0.3) is 0 Å². The van der Waals surface area contributed by atoms with E-state index in [0.29, 0.717) is 44.5 Å². The molecule has 7 nitrogen and oxygen atoms in total. The number of carbonyl (C=O) groups is 1. The van der Waals surface area contributed by atoms with Gasteiger partial charge in [0.15, 0.2) is 16.6 Å². The fraction of sp³-hybridized carbons (Fsp3) is 0.179. The Balaban J connectivity index is 1.34. The van der Waals surface area contributed by atoms with Gasteiger partial charge in [-0.05, 0) is 83.1 Å². The van der Waals surface area contributed by atoms with Gasteiger partial charge in [0.1, 0.15) is 6.61 Å². The first-order valence-electron chi connectivity index (χ1n) is 12.3. The third-order valence-corrected chi connectivity index (χ3v) is 7.78. The molecule has 4 rings (SSSR count). The summed E-state index contributed by atoms with van der Waals surface area (Å²) in [5.74, 6) is 0.659. The van der Waals surface area contributed by atoms with Crippen molar-refractivity contribution in [1.29, 1.82) is 0 Å². The number of halogens is 6. The van der Waals surface area contributed by atoms with Crippen molar-refractivity contribution >= 4 is 80.1 Å². The van der Waals surface area contributed by atoms with Crippen molar-refractivity contribution in [2.75, 3.05) is 11.9 Å². The largest absolute Gasteiger partial charge is 0.490 e. The Bertz CT molecular complexity index is 1600. The van der Waals surface area contributed by atoms with Crippen molar-refractivity contribution < 1.29 is 27.4 Å². The first kappa shape index (κ1) is 31.9. The molecular formula is C28H22Cl2F3IN4O3S. The van der Waals surface area contributed by atoms with Crippen LogP contribution in [0.15, 0.2) is 65.1 Å². The van der Waals surface area contributed by atoms with Crippen LogP contribution in [0, 0.1) is 3.57 Å². The average Bonchev–Trinajstić information content (AvgIpc) is 3.36. The second-order valence-electron chi connectivity index (χ2n) is 8.62. The number of hydrogen-bond acceptors (Lipinski definition) is 7. The summed E-state index contributed by atoms with van der Waals surface area (Å²) in [6, 6.07) is 13.6. The number of nitrogens with one attached hydrogen (secondary N) is 2. The molecule has 220 valence electrons. The maximum Gasteiger partial charge on any atom is 0.416 e. The van der Waals surface area contributed by atoms with Crippen LogP contribution >= 0.6 is 57.1 Å². The molecule has 3 aromatic carbocycles. The molecule has 0 unspecified atom stereocenters. The summed E-state index contributed by atoms with van der Waals surface area (Å²) in [5, 5.41) is 9.77. The molecule has 1 amide bonds. The number of nitrogens with zero attached hydrogens (tertiary/aromatic N) is 2. The van der Waals surface area contributed by atoms with Crippen molar-refractivity contribution in [2.24, 2.45) is 5.10 Å². The third-order valence-electron chi connectivity index (χ3n) is 5.44. The van der Waals surface area contributed by atoms with Crippen LogP contribution in [0.1, 0.15) is 29.3 Å². The highest BCUT2D eigenvalue weighted by atomic mass is 127. The van der Waals surface area contributed by atoms with Crippen LogP contribution in [0.4, 0.5) is 24.0 Å². The molecule has 42 heavy (non-hydrogen) atoms. The number of carbonyl (C=O) groups excluding carboxylic acids is 1. The molecule has 2 N–H and O–H groups in total. The lowest BCUT2D eigenvalue weighted by atomic mass is 10.2. The lowest BCUT2D eigenvalue weighted by Gasteiger charge is -2.15. The second kappa shape index (κ2) is 14.4. The molecule has 4 aromatic rings. The number of hydrogen-bond donors (Lipinski definition) is 2. The van der Waals surface area contributed by atoms with E-state index in [1.165, 1.54) is 29.7 Å². The number of hydrazone groups is 1. The Morgan fingerprint density at radius 3 is 2.67 bits per heavy atom. The zero-order chi connectivity index (χ0) is 30.3. The topological polar surface area (TPSA) is 84.8 Å². The Kier molecular flexibility index (Phi) is 10.9. The number of benzene rings is 3. The smallest absolute Gasteiger partial charge is 0.416 e. The first-order valence-corrected chi connectivity index (χ1v) is 15.0. The zero-order valence-electron chi connectivity index (χ0n) is 21.8. The van der Waals surface area contributed by atoms with Gasteiger partial charge in [0.05, 0.1) is 44.1 Å². The van der Waals surface area contributed by atoms with Gasteiger partial charge in [-0.15, -0.1) is 11.3 Å². The number of ether oxygens (including phenoxy) is 2. The van der Waals surface area contributed by atoms with Crippen molar-refractivity contribution in [3.63, 3.8) is 0 Å². The molecule has 0 atom stereocenters. The first-order chi connectivity index (χ1) is 20.0. The molecule has 0 saturated heterocycles. The van der Waals surface area contributed by atoms with E-state index in [1.54, 1.807) is 23.6 Å². The van der Waals surface area contributed by atoms with Gasteiger partial charge in [-0.25, -0.2) is 10.4 Å². The maximum atomic E-state index is 13.0. The molecule has 0 saturated carbocycles. The lowest BCUT2D eigenvalue weighted by molar-refractivity contribution is -0.137. The summed E-state index contributed by atoms with van der Waals surface area (Å²) in [6.45, 7) is 2.52. The van der Waals surface area contributed by atoms with Gasteiger partial charge in [-0.3, -0.25) is 4.79 Å². The van der Waals surface area contributed by atoms with Gasteiger partial charge >= 0.3 is 6.18 Å². The molecule has 0 spiro atoms. The summed E-state index contributed by atoms with van der Waals surface area (Å²) in [7, 11) is 0. The molecule has 14 heteroatoms. The summed E-state index contributed by atoms with van der Waals surface area (Å²) >= 11 is 15.4. The lowest BCUT2D eigenvalue weighted by Crippen LogP contribution is -2.20. The normalized spacial score (nSPS) is 11.5. The number of amides is 1. The highest BCUT2D eigenvalue weighted by Crippen LogP contribution is 2.35. The van der Waals surface area contributed by atoms with Gasteiger partial charge in [0, 0.05) is 11.1 Å². The summed E-state index contributed by atoms with van der Waals surface area (Å²) in [4.78, 5) is 16.7. The molecule has 0 bridgehead atoms. The molecule has 1 heterocycles.